The Balaban J connectivity index is 2.61. The number of nitrogens with one attached hydrogen (secondary N) is 2. The molecule has 154 valence electrons. The van der Waals surface area contributed by atoms with E-state index in [0.717, 1.165) is 6.08 Å². The number of carbonyl (C=O) groups is 2. The summed E-state index contributed by atoms with van der Waals surface area (Å²) in [5, 5.41) is 11.3. The number of hydrogen-bond acceptors (Lipinski definition) is 6. The lowest BCUT2D eigenvalue weighted by Gasteiger charge is -2.16. The number of hydrogen-bond donors (Lipinski definition) is 3. The van der Waals surface area contributed by atoms with E-state index in [2.05, 4.69) is 10.0 Å². The van der Waals surface area contributed by atoms with Gasteiger partial charge in [-0.3, -0.25) is 9.52 Å². The monoisotopic (exact) mass is 420 g/mol. The standard InChI is InChI=1S/C19H20N2O7S/c1-20-19(24)13-6-4-5-7-14(13)21-29(25,26)16-11-12(8-9-17(22)23)10-15(27-2)18(16)28-3/h4-11,21H,1-3H3,(H,20,24)(H,22,23). The van der Waals surface area contributed by atoms with Crippen molar-refractivity contribution in [1.82, 2.24) is 5.32 Å². The van der Waals surface area contributed by atoms with Crippen LogP contribution in [0.2, 0.25) is 0 Å². The third-order valence-electron chi connectivity index (χ3n) is 3.82. The summed E-state index contributed by atoms with van der Waals surface area (Å²) in [5.74, 6) is -1.63. The first kappa shape index (κ1) is 21.8. The highest BCUT2D eigenvalue weighted by molar-refractivity contribution is 7.92. The molecule has 0 saturated carbocycles. The van der Waals surface area contributed by atoms with E-state index in [9.17, 15) is 18.0 Å². The van der Waals surface area contributed by atoms with Crippen LogP contribution in [-0.4, -0.2) is 46.7 Å². The van der Waals surface area contributed by atoms with Gasteiger partial charge in [0.25, 0.3) is 15.9 Å². The molecule has 0 saturated heterocycles. The molecule has 0 radical (unpaired) electrons. The molecule has 0 aliphatic rings. The van der Waals surface area contributed by atoms with E-state index in [0.29, 0.717) is 0 Å². The van der Waals surface area contributed by atoms with Crippen LogP contribution in [0.3, 0.4) is 0 Å². The number of methoxy groups -OCH3 is 2. The minimum absolute atomic E-state index is 0.0649. The zero-order valence-electron chi connectivity index (χ0n) is 15.9. The average Bonchev–Trinajstić information content (AvgIpc) is 2.70. The van der Waals surface area contributed by atoms with Crippen molar-refractivity contribution in [1.29, 1.82) is 0 Å². The molecule has 0 aliphatic carbocycles. The predicted molar refractivity (Wildman–Crippen MR) is 107 cm³/mol. The van der Waals surface area contributed by atoms with Crippen molar-refractivity contribution in [3.63, 3.8) is 0 Å². The zero-order chi connectivity index (χ0) is 21.6. The molecule has 0 bridgehead atoms. The van der Waals surface area contributed by atoms with Gasteiger partial charge in [-0.15, -0.1) is 0 Å². The first-order valence-corrected chi connectivity index (χ1v) is 9.72. The van der Waals surface area contributed by atoms with Gasteiger partial charge < -0.3 is 19.9 Å². The van der Waals surface area contributed by atoms with E-state index in [1.54, 1.807) is 12.1 Å². The number of anilines is 1. The van der Waals surface area contributed by atoms with Crippen LogP contribution < -0.4 is 19.5 Å². The van der Waals surface area contributed by atoms with Crippen LogP contribution >= 0.6 is 0 Å². The van der Waals surface area contributed by atoms with E-state index in [1.807, 2.05) is 0 Å². The second kappa shape index (κ2) is 9.11. The van der Waals surface area contributed by atoms with E-state index in [-0.39, 0.29) is 33.2 Å². The molecule has 0 heterocycles. The number of sulfonamides is 1. The molecule has 29 heavy (non-hydrogen) atoms. The largest absolute Gasteiger partial charge is 0.493 e. The van der Waals surface area contributed by atoms with E-state index in [4.69, 9.17) is 14.6 Å². The SMILES string of the molecule is CNC(=O)c1ccccc1NS(=O)(=O)c1cc(C=CC(=O)O)cc(OC)c1OC. The number of aliphatic carboxylic acids is 1. The molecule has 2 rings (SSSR count). The molecule has 0 spiro atoms. The number of carboxylic acid groups (broad SMARTS) is 1. The van der Waals surface area contributed by atoms with Gasteiger partial charge in [0.05, 0.1) is 25.5 Å². The van der Waals surface area contributed by atoms with Crippen molar-refractivity contribution in [2.45, 2.75) is 4.90 Å². The Kier molecular flexibility index (Phi) is 6.84. The molecule has 0 aliphatic heterocycles. The Morgan fingerprint density at radius 2 is 1.79 bits per heavy atom. The quantitative estimate of drug-likeness (QED) is 0.556. The Hall–Kier alpha value is -3.53. The van der Waals surface area contributed by atoms with Gasteiger partial charge in [0.2, 0.25) is 0 Å². The third kappa shape index (κ3) is 5.05. The lowest BCUT2D eigenvalue weighted by molar-refractivity contribution is -0.131. The highest BCUT2D eigenvalue weighted by atomic mass is 32.2. The van der Waals surface area contributed by atoms with Crippen LogP contribution in [0.5, 0.6) is 11.5 Å². The Morgan fingerprint density at radius 1 is 1.10 bits per heavy atom. The van der Waals surface area contributed by atoms with Gasteiger partial charge in [-0.2, -0.15) is 0 Å². The number of benzene rings is 2. The number of carbonyl (C=O) groups excluding carboxylic acids is 1. The topological polar surface area (TPSA) is 131 Å². The molecular weight excluding hydrogens is 400 g/mol. The van der Waals surface area contributed by atoms with E-state index >= 15 is 0 Å². The Bertz CT molecular complexity index is 1060. The number of para-hydroxylation sites is 1. The van der Waals surface area contributed by atoms with Crippen LogP contribution in [0.25, 0.3) is 6.08 Å². The summed E-state index contributed by atoms with van der Waals surface area (Å²) >= 11 is 0. The van der Waals surface area contributed by atoms with Gasteiger partial charge in [-0.05, 0) is 35.9 Å². The normalized spacial score (nSPS) is 11.1. The molecule has 3 N–H and O–H groups in total. The molecule has 1 amide bonds. The number of amides is 1. The second-order valence-electron chi connectivity index (χ2n) is 5.66. The maximum Gasteiger partial charge on any atom is 0.328 e. The molecule has 2 aromatic rings. The minimum Gasteiger partial charge on any atom is -0.493 e. The number of carboxylic acids is 1. The van der Waals surface area contributed by atoms with Crippen molar-refractivity contribution >= 4 is 33.7 Å². The lowest BCUT2D eigenvalue weighted by Crippen LogP contribution is -2.22. The fourth-order valence-electron chi connectivity index (χ4n) is 2.52. The highest BCUT2D eigenvalue weighted by Gasteiger charge is 2.25. The fraction of sp³-hybridized carbons (Fsp3) is 0.158. The molecule has 0 unspecified atom stereocenters. The fourth-order valence-corrected chi connectivity index (χ4v) is 3.81. The average molecular weight is 420 g/mol. The summed E-state index contributed by atoms with van der Waals surface area (Å²) in [5.41, 5.74) is 0.468. The van der Waals surface area contributed by atoms with Crippen molar-refractivity contribution in [3.05, 3.63) is 53.6 Å². The zero-order valence-corrected chi connectivity index (χ0v) is 16.7. The van der Waals surface area contributed by atoms with Crippen molar-refractivity contribution in [2.24, 2.45) is 0 Å². The van der Waals surface area contributed by atoms with Crippen molar-refractivity contribution in [2.75, 3.05) is 26.0 Å². The van der Waals surface area contributed by atoms with Gasteiger partial charge in [0.1, 0.15) is 4.90 Å². The first-order valence-electron chi connectivity index (χ1n) is 8.24. The van der Waals surface area contributed by atoms with Gasteiger partial charge in [0.15, 0.2) is 11.5 Å². The molecule has 9 nitrogen and oxygen atoms in total. The van der Waals surface area contributed by atoms with Crippen LogP contribution in [0.1, 0.15) is 15.9 Å². The minimum atomic E-state index is -4.23. The molecular formula is C19H20N2O7S. The van der Waals surface area contributed by atoms with Crippen molar-refractivity contribution in [3.8, 4) is 11.5 Å². The van der Waals surface area contributed by atoms with Gasteiger partial charge >= 0.3 is 5.97 Å². The molecule has 0 fully saturated rings. The van der Waals surface area contributed by atoms with E-state index in [1.165, 1.54) is 51.6 Å². The molecule has 2 aromatic carbocycles. The smallest absolute Gasteiger partial charge is 0.328 e. The summed E-state index contributed by atoms with van der Waals surface area (Å²) in [4.78, 5) is 22.5. The predicted octanol–water partition coefficient (Wildman–Crippen LogP) is 1.96. The maximum atomic E-state index is 13.1. The highest BCUT2D eigenvalue weighted by Crippen LogP contribution is 2.37. The molecule has 10 heteroatoms. The second-order valence-corrected chi connectivity index (χ2v) is 7.31. The van der Waals surface area contributed by atoms with Crippen LogP contribution in [0.15, 0.2) is 47.4 Å². The molecule has 0 aromatic heterocycles. The summed E-state index contributed by atoms with van der Waals surface area (Å²) in [7, 11) is -0.193. The first-order chi connectivity index (χ1) is 13.7. The number of rotatable bonds is 8. The third-order valence-corrected chi connectivity index (χ3v) is 5.19. The lowest BCUT2D eigenvalue weighted by atomic mass is 10.2. The van der Waals surface area contributed by atoms with Crippen molar-refractivity contribution < 1.29 is 32.6 Å². The van der Waals surface area contributed by atoms with Crippen LogP contribution in [-0.2, 0) is 14.8 Å². The van der Waals surface area contributed by atoms with Gasteiger partial charge in [0, 0.05) is 13.1 Å². The van der Waals surface area contributed by atoms with Crippen LogP contribution in [0.4, 0.5) is 5.69 Å². The summed E-state index contributed by atoms with van der Waals surface area (Å²) in [6.45, 7) is 0. The summed E-state index contributed by atoms with van der Waals surface area (Å²) in [6.07, 6.45) is 2.09. The summed E-state index contributed by atoms with van der Waals surface area (Å²) in [6, 6.07) is 8.78. The summed E-state index contributed by atoms with van der Waals surface area (Å²) < 4.78 is 38.9. The van der Waals surface area contributed by atoms with Gasteiger partial charge in [-0.1, -0.05) is 12.1 Å². The Morgan fingerprint density at radius 3 is 2.38 bits per heavy atom. The molecule has 0 atom stereocenters. The Labute approximate surface area is 168 Å². The maximum absolute atomic E-state index is 13.1. The van der Waals surface area contributed by atoms with Gasteiger partial charge in [-0.25, -0.2) is 13.2 Å². The van der Waals surface area contributed by atoms with Crippen LogP contribution in [0, 0.1) is 0 Å². The number of ether oxygens (including phenoxy) is 2. The van der Waals surface area contributed by atoms with E-state index < -0.39 is 21.9 Å².